The largest absolute Gasteiger partial charge is 0.479 e. The summed E-state index contributed by atoms with van der Waals surface area (Å²) in [4.78, 5) is 26.4. The van der Waals surface area contributed by atoms with Crippen LogP contribution in [0.1, 0.15) is 26.3 Å². The number of carbonyl (C=O) groups is 2. The van der Waals surface area contributed by atoms with E-state index in [1.807, 2.05) is 61.5 Å². The first-order chi connectivity index (χ1) is 16.7. The maximum absolute atomic E-state index is 13.4. The van der Waals surface area contributed by atoms with E-state index in [0.717, 1.165) is 17.0 Å². The summed E-state index contributed by atoms with van der Waals surface area (Å²) in [7, 11) is 1.36. The van der Waals surface area contributed by atoms with Crippen molar-refractivity contribution < 1.29 is 28.9 Å². The minimum Gasteiger partial charge on any atom is -0.479 e. The molecular formula is C28H31NO6. The summed E-state index contributed by atoms with van der Waals surface area (Å²) in [6, 6.07) is 23.9. The van der Waals surface area contributed by atoms with Gasteiger partial charge in [-0.2, -0.15) is 0 Å². The summed E-state index contributed by atoms with van der Waals surface area (Å²) in [5, 5.41) is 9.24. The highest BCUT2D eigenvalue weighted by Crippen LogP contribution is 2.28. The monoisotopic (exact) mass is 477 g/mol. The first kappa shape index (κ1) is 25.8. The minimum absolute atomic E-state index is 0.190. The Morgan fingerprint density at radius 2 is 1.54 bits per heavy atom. The average molecular weight is 478 g/mol. The van der Waals surface area contributed by atoms with E-state index in [1.165, 1.54) is 7.11 Å². The summed E-state index contributed by atoms with van der Waals surface area (Å²) in [5.74, 6) is 0.645. The number of likely N-dealkylation sites (N-methyl/N-ethyl adjacent to an activating group) is 1. The Balaban J connectivity index is 1.71. The topological polar surface area (TPSA) is 85.3 Å². The van der Waals surface area contributed by atoms with E-state index >= 15 is 0 Å². The second-order valence-electron chi connectivity index (χ2n) is 8.48. The van der Waals surface area contributed by atoms with Crippen molar-refractivity contribution in [2.75, 3.05) is 18.6 Å². The number of hydrogen-bond acceptors (Lipinski definition) is 5. The van der Waals surface area contributed by atoms with Gasteiger partial charge in [0.15, 0.2) is 11.7 Å². The molecule has 3 aromatic carbocycles. The summed E-state index contributed by atoms with van der Waals surface area (Å²) >= 11 is 0. The van der Waals surface area contributed by atoms with Gasteiger partial charge in [0.2, 0.25) is 0 Å². The van der Waals surface area contributed by atoms with Crippen LogP contribution in [-0.4, -0.2) is 42.3 Å². The zero-order chi connectivity index (χ0) is 25.4. The molecular weight excluding hydrogens is 446 g/mol. The first-order valence-electron chi connectivity index (χ1n) is 11.4. The standard InChI is InChI=1S/C28H31NO6/c1-5-29(21-14-16-23(17-15-21)34-22-11-7-6-8-12-22)27(32)28(2,3)35-24-13-9-10-20(18-24)19-25(33-4)26(30)31/h6-18,25H,5,19H2,1-4H3,(H,30,31)/t25-/m0/s1. The Kier molecular flexibility index (Phi) is 8.49. The fourth-order valence-corrected chi connectivity index (χ4v) is 3.65. The smallest absolute Gasteiger partial charge is 0.333 e. The second-order valence-corrected chi connectivity index (χ2v) is 8.48. The van der Waals surface area contributed by atoms with Crippen LogP contribution < -0.4 is 14.4 Å². The molecule has 0 fully saturated rings. The first-order valence-corrected chi connectivity index (χ1v) is 11.4. The number of carboxylic acid groups (broad SMARTS) is 1. The number of aliphatic carboxylic acids is 1. The Labute approximate surface area is 205 Å². The predicted molar refractivity (Wildman–Crippen MR) is 134 cm³/mol. The van der Waals surface area contributed by atoms with E-state index in [9.17, 15) is 14.7 Å². The molecule has 1 atom stereocenters. The third kappa shape index (κ3) is 6.83. The molecule has 184 valence electrons. The Bertz CT molecular complexity index is 1130. The highest BCUT2D eigenvalue weighted by atomic mass is 16.5. The Morgan fingerprint density at radius 3 is 2.14 bits per heavy atom. The highest BCUT2D eigenvalue weighted by molar-refractivity contribution is 5.99. The quantitative estimate of drug-likeness (QED) is 0.402. The number of ether oxygens (including phenoxy) is 3. The lowest BCUT2D eigenvalue weighted by atomic mass is 10.1. The molecule has 1 N–H and O–H groups in total. The lowest BCUT2D eigenvalue weighted by Crippen LogP contribution is -2.49. The lowest BCUT2D eigenvalue weighted by Gasteiger charge is -2.32. The van der Waals surface area contributed by atoms with Crippen molar-refractivity contribution in [3.63, 3.8) is 0 Å². The van der Waals surface area contributed by atoms with Gasteiger partial charge in [0, 0.05) is 25.8 Å². The molecule has 7 nitrogen and oxygen atoms in total. The maximum Gasteiger partial charge on any atom is 0.333 e. The molecule has 0 saturated heterocycles. The normalized spacial score (nSPS) is 12.0. The van der Waals surface area contributed by atoms with Crippen LogP contribution in [-0.2, 0) is 20.7 Å². The lowest BCUT2D eigenvalue weighted by molar-refractivity contribution is -0.148. The van der Waals surface area contributed by atoms with Gasteiger partial charge in [0.25, 0.3) is 5.91 Å². The third-order valence-electron chi connectivity index (χ3n) is 5.46. The van der Waals surface area contributed by atoms with Crippen LogP contribution in [0.15, 0.2) is 78.9 Å². The van der Waals surface area contributed by atoms with Crippen LogP contribution >= 0.6 is 0 Å². The number of amides is 1. The number of carbonyl (C=O) groups excluding carboxylic acids is 1. The molecule has 0 heterocycles. The van der Waals surface area contributed by atoms with Gasteiger partial charge >= 0.3 is 5.97 Å². The number of carboxylic acids is 1. The van der Waals surface area contributed by atoms with Crippen LogP contribution in [0.2, 0.25) is 0 Å². The fourth-order valence-electron chi connectivity index (χ4n) is 3.65. The molecule has 3 aromatic rings. The zero-order valence-corrected chi connectivity index (χ0v) is 20.4. The predicted octanol–water partition coefficient (Wildman–Crippen LogP) is 5.33. The second kappa shape index (κ2) is 11.5. The number of hydrogen-bond donors (Lipinski definition) is 1. The molecule has 7 heteroatoms. The van der Waals surface area contributed by atoms with Crippen molar-refractivity contribution in [1.29, 1.82) is 0 Å². The number of para-hydroxylation sites is 1. The van der Waals surface area contributed by atoms with E-state index in [2.05, 4.69) is 0 Å². The fraction of sp³-hybridized carbons (Fsp3) is 0.286. The number of methoxy groups -OCH3 is 1. The van der Waals surface area contributed by atoms with E-state index in [0.29, 0.717) is 18.0 Å². The van der Waals surface area contributed by atoms with E-state index in [-0.39, 0.29) is 12.3 Å². The highest BCUT2D eigenvalue weighted by Gasteiger charge is 2.34. The van der Waals surface area contributed by atoms with Crippen molar-refractivity contribution in [2.45, 2.75) is 38.9 Å². The van der Waals surface area contributed by atoms with Crippen LogP contribution in [0, 0.1) is 0 Å². The number of anilines is 1. The van der Waals surface area contributed by atoms with Crippen LogP contribution in [0.3, 0.4) is 0 Å². The van der Waals surface area contributed by atoms with Gasteiger partial charge in [0.05, 0.1) is 0 Å². The molecule has 0 bridgehead atoms. The maximum atomic E-state index is 13.4. The van der Waals surface area contributed by atoms with Gasteiger partial charge in [-0.25, -0.2) is 4.79 Å². The van der Waals surface area contributed by atoms with E-state index in [1.54, 1.807) is 43.0 Å². The minimum atomic E-state index is -1.17. The Hall–Kier alpha value is -3.84. The van der Waals surface area contributed by atoms with Gasteiger partial charge in [-0.05, 0) is 74.9 Å². The molecule has 0 aliphatic carbocycles. The number of benzene rings is 3. The van der Waals surface area contributed by atoms with Gasteiger partial charge in [-0.1, -0.05) is 30.3 Å². The molecule has 0 saturated carbocycles. The van der Waals surface area contributed by atoms with Crippen molar-refractivity contribution in [2.24, 2.45) is 0 Å². The van der Waals surface area contributed by atoms with Crippen molar-refractivity contribution >= 4 is 17.6 Å². The SMILES string of the molecule is CCN(C(=O)C(C)(C)Oc1cccc(C[C@H](OC)C(=O)O)c1)c1ccc(Oc2ccccc2)cc1. The molecule has 0 aromatic heterocycles. The van der Waals surface area contributed by atoms with Crippen molar-refractivity contribution in [1.82, 2.24) is 0 Å². The summed E-state index contributed by atoms with van der Waals surface area (Å²) in [5.41, 5.74) is 0.301. The van der Waals surface area contributed by atoms with Crippen molar-refractivity contribution in [3.05, 3.63) is 84.4 Å². The van der Waals surface area contributed by atoms with Crippen LogP contribution in [0.25, 0.3) is 0 Å². The summed E-state index contributed by atoms with van der Waals surface area (Å²) < 4.78 is 16.9. The van der Waals surface area contributed by atoms with Gasteiger partial charge < -0.3 is 24.2 Å². The van der Waals surface area contributed by atoms with Gasteiger partial charge in [0.1, 0.15) is 17.2 Å². The zero-order valence-electron chi connectivity index (χ0n) is 20.4. The number of nitrogens with zero attached hydrogens (tertiary/aromatic N) is 1. The molecule has 0 aliphatic heterocycles. The summed E-state index contributed by atoms with van der Waals surface area (Å²) in [6.07, 6.45) is -0.764. The third-order valence-corrected chi connectivity index (χ3v) is 5.46. The molecule has 0 aliphatic rings. The Morgan fingerprint density at radius 1 is 0.914 bits per heavy atom. The van der Waals surface area contributed by atoms with Gasteiger partial charge in [-0.15, -0.1) is 0 Å². The number of rotatable bonds is 11. The van der Waals surface area contributed by atoms with Crippen LogP contribution in [0.5, 0.6) is 17.2 Å². The molecule has 0 unspecified atom stereocenters. The molecule has 3 rings (SSSR count). The molecule has 35 heavy (non-hydrogen) atoms. The molecule has 1 amide bonds. The summed E-state index contributed by atoms with van der Waals surface area (Å²) in [6.45, 7) is 5.79. The van der Waals surface area contributed by atoms with Crippen LogP contribution in [0.4, 0.5) is 5.69 Å². The van der Waals surface area contributed by atoms with Gasteiger partial charge in [-0.3, -0.25) is 4.79 Å². The molecule has 0 radical (unpaired) electrons. The average Bonchev–Trinajstić information content (AvgIpc) is 2.84. The van der Waals surface area contributed by atoms with Crippen molar-refractivity contribution in [3.8, 4) is 17.2 Å². The molecule has 0 spiro atoms. The van der Waals surface area contributed by atoms with E-state index < -0.39 is 17.7 Å². The van der Waals surface area contributed by atoms with E-state index in [4.69, 9.17) is 14.2 Å².